The van der Waals surface area contributed by atoms with Crippen LogP contribution < -0.4 is 5.73 Å². The number of carboxylic acids is 2. The number of hydrogen-bond acceptors (Lipinski definition) is 5. The summed E-state index contributed by atoms with van der Waals surface area (Å²) in [7, 11) is 0. The molecule has 7 heteroatoms. The summed E-state index contributed by atoms with van der Waals surface area (Å²) >= 11 is 0. The Hall–Kier alpha value is -2.02. The zero-order chi connectivity index (χ0) is 14.1. The molecule has 7 nitrogen and oxygen atoms in total. The molecule has 0 aromatic rings. The first-order valence-electron chi connectivity index (χ1n) is 5.41. The van der Waals surface area contributed by atoms with Crippen molar-refractivity contribution < 1.29 is 19.8 Å². The molecule has 0 unspecified atom stereocenters. The molecule has 18 heavy (non-hydrogen) atoms. The highest BCUT2D eigenvalue weighted by Gasteiger charge is 2.14. The quantitative estimate of drug-likeness (QED) is 0.639. The highest BCUT2D eigenvalue weighted by molar-refractivity contribution is 5.80. The van der Waals surface area contributed by atoms with Gasteiger partial charge in [0.25, 0.3) is 0 Å². The van der Waals surface area contributed by atoms with Gasteiger partial charge in [-0.15, -0.1) is 0 Å². The Labute approximate surface area is 106 Å². The van der Waals surface area contributed by atoms with Crippen LogP contribution in [0.5, 0.6) is 0 Å². The topological polar surface area (TPSA) is 107 Å². The van der Waals surface area contributed by atoms with Crippen LogP contribution in [0.2, 0.25) is 0 Å². The van der Waals surface area contributed by atoms with Crippen molar-refractivity contribution in [2.75, 3.05) is 13.2 Å². The van der Waals surface area contributed by atoms with Crippen LogP contribution in [0.25, 0.3) is 0 Å². The molecular weight excluding hydrogens is 238 g/mol. The van der Waals surface area contributed by atoms with Gasteiger partial charge in [0.1, 0.15) is 6.04 Å². The number of carboxylic acid groups (broad SMARTS) is 2. The van der Waals surface area contributed by atoms with Crippen molar-refractivity contribution in [1.29, 1.82) is 0 Å². The molecule has 0 aromatic carbocycles. The van der Waals surface area contributed by atoms with Gasteiger partial charge in [-0.2, -0.15) is 0 Å². The first-order chi connectivity index (χ1) is 8.40. The van der Waals surface area contributed by atoms with E-state index in [4.69, 9.17) is 15.9 Å². The highest BCUT2D eigenvalue weighted by Crippen LogP contribution is 2.04. The van der Waals surface area contributed by atoms with E-state index in [0.717, 1.165) is 13.2 Å². The minimum Gasteiger partial charge on any atom is -0.481 e. The zero-order valence-corrected chi connectivity index (χ0v) is 10.3. The zero-order valence-electron chi connectivity index (χ0n) is 10.3. The third kappa shape index (κ3) is 6.54. The van der Waals surface area contributed by atoms with Crippen LogP contribution in [0.4, 0.5) is 0 Å². The molecule has 1 heterocycles. The highest BCUT2D eigenvalue weighted by atomic mass is 16.4. The lowest BCUT2D eigenvalue weighted by molar-refractivity contribution is -0.144. The Morgan fingerprint density at radius 1 is 1.50 bits per heavy atom. The molecule has 0 bridgehead atoms. The fraction of sp³-hybridized carbons (Fsp3) is 0.455. The summed E-state index contributed by atoms with van der Waals surface area (Å²) in [6.45, 7) is 7.82. The van der Waals surface area contributed by atoms with Crippen molar-refractivity contribution in [3.63, 3.8) is 0 Å². The molecule has 4 N–H and O–H groups in total. The second-order valence-electron chi connectivity index (χ2n) is 3.58. The third-order valence-electron chi connectivity index (χ3n) is 2.17. The van der Waals surface area contributed by atoms with E-state index in [0.29, 0.717) is 0 Å². The van der Waals surface area contributed by atoms with Gasteiger partial charge in [0.05, 0.1) is 13.1 Å². The van der Waals surface area contributed by atoms with Gasteiger partial charge in [0, 0.05) is 18.9 Å². The summed E-state index contributed by atoms with van der Waals surface area (Å²) in [5, 5.41) is 16.0. The lowest BCUT2D eigenvalue weighted by Gasteiger charge is -2.15. The molecule has 0 fully saturated rings. The van der Waals surface area contributed by atoms with Crippen LogP contribution in [0, 0.1) is 0 Å². The van der Waals surface area contributed by atoms with Crippen LogP contribution in [0.15, 0.2) is 25.2 Å². The number of nitrogens with two attached hydrogens (primary N) is 1. The molecule has 0 saturated heterocycles. The molecule has 0 radical (unpaired) electrons. The van der Waals surface area contributed by atoms with E-state index in [-0.39, 0.29) is 0 Å². The molecule has 0 aromatic heterocycles. The maximum atomic E-state index is 9.85. The van der Waals surface area contributed by atoms with Crippen molar-refractivity contribution in [2.45, 2.75) is 19.4 Å². The standard InChI is InChI=1S/C7H12N2.C4H7NO4/c1-3-8-5-6-9(4-2)7-8;5-2(4(8)9)1-3(6)7/h3,5-6H,1,4,7H2,2H3;2H,1,5H2,(H,6,7)(H,8,9)/t;2-/m.0/s1. The second-order valence-corrected chi connectivity index (χ2v) is 3.58. The molecule has 1 rings (SSSR count). The van der Waals surface area contributed by atoms with E-state index in [1.165, 1.54) is 0 Å². The van der Waals surface area contributed by atoms with Crippen LogP contribution >= 0.6 is 0 Å². The average molecular weight is 257 g/mol. The van der Waals surface area contributed by atoms with E-state index in [2.05, 4.69) is 24.6 Å². The largest absolute Gasteiger partial charge is 0.481 e. The summed E-state index contributed by atoms with van der Waals surface area (Å²) in [5.41, 5.74) is 4.84. The monoisotopic (exact) mass is 257 g/mol. The van der Waals surface area contributed by atoms with E-state index in [1.54, 1.807) is 0 Å². The van der Waals surface area contributed by atoms with Crippen molar-refractivity contribution in [3.05, 3.63) is 25.2 Å². The van der Waals surface area contributed by atoms with Crippen molar-refractivity contribution in [1.82, 2.24) is 9.80 Å². The minimum absolute atomic E-state index is 0.532. The normalized spacial score (nSPS) is 14.8. The second kappa shape index (κ2) is 8.13. The van der Waals surface area contributed by atoms with Crippen LogP contribution in [0.1, 0.15) is 13.3 Å². The maximum Gasteiger partial charge on any atom is 0.321 e. The number of carbonyl (C=O) groups is 2. The first-order valence-corrected chi connectivity index (χ1v) is 5.41. The lowest BCUT2D eigenvalue weighted by atomic mass is 10.2. The van der Waals surface area contributed by atoms with Crippen LogP contribution in [-0.4, -0.2) is 51.2 Å². The summed E-state index contributed by atoms with van der Waals surface area (Å²) in [4.78, 5) is 23.9. The maximum absolute atomic E-state index is 9.85. The molecular formula is C11H19N3O4. The van der Waals surface area contributed by atoms with E-state index in [1.807, 2.05) is 17.3 Å². The molecule has 0 saturated carbocycles. The van der Waals surface area contributed by atoms with Gasteiger partial charge in [-0.25, -0.2) is 0 Å². The van der Waals surface area contributed by atoms with Crippen LogP contribution in [-0.2, 0) is 9.59 Å². The lowest BCUT2D eigenvalue weighted by Crippen LogP contribution is -2.32. The Bertz CT molecular complexity index is 330. The molecule has 1 atom stereocenters. The van der Waals surface area contributed by atoms with Gasteiger partial charge in [0.2, 0.25) is 0 Å². The Morgan fingerprint density at radius 2 is 2.11 bits per heavy atom. The fourth-order valence-corrected chi connectivity index (χ4v) is 1.08. The van der Waals surface area contributed by atoms with Gasteiger partial charge >= 0.3 is 11.9 Å². The predicted octanol–water partition coefficient (Wildman–Crippen LogP) is 0.0691. The molecule has 0 spiro atoms. The van der Waals surface area contributed by atoms with E-state index in [9.17, 15) is 9.59 Å². The van der Waals surface area contributed by atoms with Gasteiger partial charge in [-0.05, 0) is 13.1 Å². The summed E-state index contributed by atoms with van der Waals surface area (Å²) in [5.74, 6) is -2.50. The van der Waals surface area contributed by atoms with Crippen LogP contribution in [0.3, 0.4) is 0 Å². The van der Waals surface area contributed by atoms with Gasteiger partial charge in [-0.1, -0.05) is 6.58 Å². The van der Waals surface area contributed by atoms with Gasteiger partial charge in [0.15, 0.2) is 0 Å². The summed E-state index contributed by atoms with van der Waals surface area (Å²) < 4.78 is 0. The SMILES string of the molecule is C=CN1C=CN(CC)C1.N[C@@H](CC(=O)O)C(=O)O. The van der Waals surface area contributed by atoms with Crippen molar-refractivity contribution in [2.24, 2.45) is 5.73 Å². The predicted molar refractivity (Wildman–Crippen MR) is 66.3 cm³/mol. The smallest absolute Gasteiger partial charge is 0.321 e. The van der Waals surface area contributed by atoms with Gasteiger partial charge < -0.3 is 25.7 Å². The minimum atomic E-state index is -1.29. The first kappa shape index (κ1) is 16.0. The Morgan fingerprint density at radius 3 is 2.33 bits per heavy atom. The molecule has 0 amide bonds. The molecule has 0 aliphatic carbocycles. The molecule has 1 aliphatic heterocycles. The number of nitrogens with zero attached hydrogens (tertiary/aromatic N) is 2. The van der Waals surface area contributed by atoms with Crippen molar-refractivity contribution >= 4 is 11.9 Å². The fourth-order valence-electron chi connectivity index (χ4n) is 1.08. The number of hydrogen-bond donors (Lipinski definition) is 3. The Kier molecular flexibility index (Phi) is 7.22. The van der Waals surface area contributed by atoms with E-state index >= 15 is 0 Å². The summed E-state index contributed by atoms with van der Waals surface area (Å²) in [6.07, 6.45) is 5.39. The summed E-state index contributed by atoms with van der Waals surface area (Å²) in [6, 6.07) is -1.29. The number of rotatable bonds is 5. The third-order valence-corrected chi connectivity index (χ3v) is 2.17. The molecule has 1 aliphatic rings. The molecule has 102 valence electrons. The Balaban J connectivity index is 0.000000321. The van der Waals surface area contributed by atoms with Crippen molar-refractivity contribution in [3.8, 4) is 0 Å². The average Bonchev–Trinajstić information content (AvgIpc) is 2.76. The van der Waals surface area contributed by atoms with E-state index < -0.39 is 24.4 Å². The van der Waals surface area contributed by atoms with Gasteiger partial charge in [-0.3, -0.25) is 9.59 Å². The number of aliphatic carboxylic acids is 2.